The minimum absolute atomic E-state index is 0.0313. The monoisotopic (exact) mass is 412 g/mol. The zero-order chi connectivity index (χ0) is 20.2. The van der Waals surface area contributed by atoms with E-state index >= 15 is 0 Å². The van der Waals surface area contributed by atoms with Gasteiger partial charge in [0.25, 0.3) is 11.5 Å². The van der Waals surface area contributed by atoms with Crippen LogP contribution < -0.4 is 21.5 Å². The number of nitrogens with one attached hydrogen (secondary N) is 3. The van der Waals surface area contributed by atoms with Gasteiger partial charge in [-0.25, -0.2) is 14.4 Å². The lowest BCUT2D eigenvalue weighted by atomic mass is 9.90. The number of benzene rings is 1. The second-order valence-electron chi connectivity index (χ2n) is 6.83. The number of pyridine rings is 1. The first kappa shape index (κ1) is 17.8. The van der Waals surface area contributed by atoms with Gasteiger partial charge in [0.05, 0.1) is 5.02 Å². The average Bonchev–Trinajstić information content (AvgIpc) is 3.01. The van der Waals surface area contributed by atoms with E-state index in [1.54, 1.807) is 12.1 Å². The topological polar surface area (TPSA) is 101 Å². The molecule has 3 N–H and O–H groups in total. The number of amides is 1. The van der Waals surface area contributed by atoms with Gasteiger partial charge >= 0.3 is 0 Å². The second kappa shape index (κ2) is 6.36. The molecular weight excluding hydrogens is 399 g/mol. The van der Waals surface area contributed by atoms with Crippen molar-refractivity contribution in [2.24, 2.45) is 0 Å². The van der Waals surface area contributed by atoms with E-state index in [1.165, 1.54) is 35.3 Å². The van der Waals surface area contributed by atoms with Gasteiger partial charge in [0, 0.05) is 24.8 Å². The van der Waals surface area contributed by atoms with Gasteiger partial charge in [0.2, 0.25) is 0 Å². The van der Waals surface area contributed by atoms with Crippen LogP contribution in [0.15, 0.2) is 47.7 Å². The predicted octanol–water partition coefficient (Wildman–Crippen LogP) is 1.72. The van der Waals surface area contributed by atoms with Gasteiger partial charge in [-0.3, -0.25) is 14.2 Å². The Hall–Kier alpha value is -3.30. The number of nitrogens with zero attached hydrogens (tertiary/aromatic N) is 3. The summed E-state index contributed by atoms with van der Waals surface area (Å²) in [6, 6.07) is 7.31. The molecule has 4 heterocycles. The summed E-state index contributed by atoms with van der Waals surface area (Å²) in [5.74, 6) is -0.560. The molecule has 5 rings (SSSR count). The molecule has 0 radical (unpaired) electrons. The van der Waals surface area contributed by atoms with Crippen LogP contribution in [0.1, 0.15) is 21.6 Å². The fourth-order valence-electron chi connectivity index (χ4n) is 3.93. The summed E-state index contributed by atoms with van der Waals surface area (Å²) >= 11 is 6.38. The summed E-state index contributed by atoms with van der Waals surface area (Å²) in [7, 11) is 0. The van der Waals surface area contributed by atoms with E-state index in [0.717, 1.165) is 5.56 Å². The molecule has 0 saturated heterocycles. The third kappa shape index (κ3) is 2.62. The summed E-state index contributed by atoms with van der Waals surface area (Å²) in [6.07, 6.45) is 2.87. The van der Waals surface area contributed by atoms with Crippen molar-refractivity contribution < 1.29 is 9.18 Å². The van der Waals surface area contributed by atoms with Gasteiger partial charge in [-0.05, 0) is 29.8 Å². The Morgan fingerprint density at radius 2 is 2.10 bits per heavy atom. The van der Waals surface area contributed by atoms with Crippen molar-refractivity contribution in [2.75, 3.05) is 11.9 Å². The number of halogens is 2. The Balaban J connectivity index is 1.75. The summed E-state index contributed by atoms with van der Waals surface area (Å²) in [6.45, 7) is 0.694. The fraction of sp³-hybridized carbons (Fsp3) is 0.158. The molecule has 1 amide bonds. The third-order valence-electron chi connectivity index (χ3n) is 5.13. The van der Waals surface area contributed by atoms with Crippen LogP contribution in [0.5, 0.6) is 0 Å². The van der Waals surface area contributed by atoms with E-state index in [1.807, 2.05) is 0 Å². The molecule has 2 aromatic heterocycles. The maximum Gasteiger partial charge on any atom is 0.277 e. The van der Waals surface area contributed by atoms with Gasteiger partial charge in [-0.15, -0.1) is 0 Å². The highest BCUT2D eigenvalue weighted by molar-refractivity contribution is 6.34. The molecule has 2 aliphatic rings. The van der Waals surface area contributed by atoms with E-state index in [9.17, 15) is 14.0 Å². The molecule has 10 heteroatoms. The van der Waals surface area contributed by atoms with E-state index in [0.29, 0.717) is 17.9 Å². The molecule has 0 bridgehead atoms. The molecule has 1 unspecified atom stereocenters. The number of hydrogen-bond acceptors (Lipinski definition) is 6. The molecule has 29 heavy (non-hydrogen) atoms. The zero-order valence-electron chi connectivity index (χ0n) is 14.9. The van der Waals surface area contributed by atoms with Crippen molar-refractivity contribution in [3.8, 4) is 0 Å². The van der Waals surface area contributed by atoms with Crippen molar-refractivity contribution in [1.82, 2.24) is 25.2 Å². The molecule has 0 aliphatic carbocycles. The van der Waals surface area contributed by atoms with Crippen LogP contribution in [0.25, 0.3) is 0 Å². The zero-order valence-corrected chi connectivity index (χ0v) is 15.6. The normalized spacial score (nSPS) is 19.6. The number of carbonyl (C=O) groups is 1. The minimum atomic E-state index is -1.29. The lowest BCUT2D eigenvalue weighted by Crippen LogP contribution is -2.57. The van der Waals surface area contributed by atoms with Crippen LogP contribution in [-0.4, -0.2) is 27.0 Å². The van der Waals surface area contributed by atoms with E-state index in [4.69, 9.17) is 11.6 Å². The Kier molecular flexibility index (Phi) is 3.90. The van der Waals surface area contributed by atoms with E-state index in [2.05, 4.69) is 25.9 Å². The van der Waals surface area contributed by atoms with Crippen LogP contribution in [0.2, 0.25) is 5.02 Å². The Morgan fingerprint density at radius 1 is 1.24 bits per heavy atom. The molecule has 1 aromatic carbocycles. The highest BCUT2D eigenvalue weighted by atomic mass is 35.5. The molecule has 1 atom stereocenters. The minimum Gasteiger partial charge on any atom is -0.336 e. The Morgan fingerprint density at radius 3 is 2.90 bits per heavy atom. The third-order valence-corrected chi connectivity index (χ3v) is 5.42. The van der Waals surface area contributed by atoms with Gasteiger partial charge in [0.1, 0.15) is 29.3 Å². The summed E-state index contributed by atoms with van der Waals surface area (Å²) < 4.78 is 15.4. The first-order valence-corrected chi connectivity index (χ1v) is 9.18. The van der Waals surface area contributed by atoms with Crippen molar-refractivity contribution in [3.05, 3.63) is 80.9 Å². The molecule has 3 aromatic rings. The van der Waals surface area contributed by atoms with Crippen LogP contribution in [0, 0.1) is 5.82 Å². The first-order valence-electron chi connectivity index (χ1n) is 8.81. The largest absolute Gasteiger partial charge is 0.336 e. The van der Waals surface area contributed by atoms with Gasteiger partial charge in [-0.1, -0.05) is 17.7 Å². The molecule has 8 nitrogen and oxygen atoms in total. The van der Waals surface area contributed by atoms with E-state index < -0.39 is 22.9 Å². The summed E-state index contributed by atoms with van der Waals surface area (Å²) in [5.41, 5.74) is -0.309. The van der Waals surface area contributed by atoms with Crippen molar-refractivity contribution >= 4 is 29.0 Å². The molecular formula is C19H14ClFN6O2. The fourth-order valence-corrected chi connectivity index (χ4v) is 4.21. The lowest BCUT2D eigenvalue weighted by Gasteiger charge is -2.37. The van der Waals surface area contributed by atoms with Crippen molar-refractivity contribution in [2.45, 2.75) is 12.2 Å². The second-order valence-corrected chi connectivity index (χ2v) is 7.24. The highest BCUT2D eigenvalue weighted by Gasteiger charge is 2.49. The quantitative estimate of drug-likeness (QED) is 0.592. The number of carbonyl (C=O) groups excluding carboxylic acids is 1. The number of fused-ring (bicyclic) bond motifs is 4. The van der Waals surface area contributed by atoms with Crippen molar-refractivity contribution in [3.63, 3.8) is 0 Å². The number of hydrogen-bond donors (Lipinski definition) is 3. The lowest BCUT2D eigenvalue weighted by molar-refractivity contribution is 0.0931. The average molecular weight is 413 g/mol. The smallest absolute Gasteiger partial charge is 0.277 e. The Labute approximate surface area is 168 Å². The van der Waals surface area contributed by atoms with Crippen LogP contribution in [0.3, 0.4) is 0 Å². The summed E-state index contributed by atoms with van der Waals surface area (Å²) in [5, 5.41) is 9.05. The van der Waals surface area contributed by atoms with Crippen LogP contribution in [-0.2, 0) is 12.2 Å². The molecule has 2 aliphatic heterocycles. The number of rotatable bonds is 2. The Bertz CT molecular complexity index is 1220. The van der Waals surface area contributed by atoms with Crippen LogP contribution in [0.4, 0.5) is 15.9 Å². The summed E-state index contributed by atoms with van der Waals surface area (Å²) in [4.78, 5) is 34.1. The van der Waals surface area contributed by atoms with Gasteiger partial charge in [-0.2, -0.15) is 0 Å². The standard InChI is InChI=1S/C19H14ClFN6O2/c20-13-6-14(25-15-3-4-22-9-24-15)18(29)27-16(13)17(28)26-19(27)8-23-7-10-1-2-11(21)5-12(10)19/h1-6,9,23H,7-8H2,(H,26,28)(H,22,24,25). The maximum absolute atomic E-state index is 14.1. The molecule has 0 saturated carbocycles. The molecule has 146 valence electrons. The first-order chi connectivity index (χ1) is 14.0. The predicted molar refractivity (Wildman–Crippen MR) is 104 cm³/mol. The number of anilines is 2. The number of aromatic nitrogens is 3. The van der Waals surface area contributed by atoms with Gasteiger partial charge in [0.15, 0.2) is 5.66 Å². The van der Waals surface area contributed by atoms with E-state index in [-0.39, 0.29) is 22.9 Å². The highest BCUT2D eigenvalue weighted by Crippen LogP contribution is 2.37. The molecule has 0 fully saturated rings. The van der Waals surface area contributed by atoms with Gasteiger partial charge < -0.3 is 16.0 Å². The van der Waals surface area contributed by atoms with Crippen LogP contribution >= 0.6 is 11.6 Å². The van der Waals surface area contributed by atoms with Crippen molar-refractivity contribution in [1.29, 1.82) is 0 Å². The SMILES string of the molecule is O=C1NC2(CNCc3ccc(F)cc32)n2c1c(Cl)cc(Nc1ccncn1)c2=O. The maximum atomic E-state index is 14.1. The molecule has 1 spiro atoms.